The number of aliphatic carboxylic acids is 1. The largest absolute Gasteiger partial charge is 0.496 e. The van der Waals surface area contributed by atoms with E-state index in [2.05, 4.69) is 0 Å². The van der Waals surface area contributed by atoms with Gasteiger partial charge in [0.25, 0.3) is 0 Å². The predicted octanol–water partition coefficient (Wildman–Crippen LogP) is 3.49. The van der Waals surface area contributed by atoms with Crippen molar-refractivity contribution in [3.05, 3.63) is 28.8 Å². The van der Waals surface area contributed by atoms with Crippen LogP contribution >= 0.6 is 23.2 Å². The van der Waals surface area contributed by atoms with Gasteiger partial charge >= 0.3 is 5.97 Å². The molecular formula is C11H12Cl2O3. The van der Waals surface area contributed by atoms with Gasteiger partial charge in [0.1, 0.15) is 5.75 Å². The van der Waals surface area contributed by atoms with E-state index >= 15 is 0 Å². The molecule has 0 saturated carbocycles. The van der Waals surface area contributed by atoms with Crippen molar-refractivity contribution in [3.63, 3.8) is 0 Å². The van der Waals surface area contributed by atoms with Gasteiger partial charge < -0.3 is 9.84 Å². The molecule has 0 heterocycles. The van der Waals surface area contributed by atoms with Gasteiger partial charge in [0.05, 0.1) is 12.5 Å². The van der Waals surface area contributed by atoms with E-state index in [1.54, 1.807) is 18.2 Å². The van der Waals surface area contributed by atoms with Crippen LogP contribution in [0.4, 0.5) is 0 Å². The second-order valence-electron chi connectivity index (χ2n) is 3.26. The Labute approximate surface area is 104 Å². The van der Waals surface area contributed by atoms with Crippen molar-refractivity contribution in [3.8, 4) is 5.75 Å². The molecule has 1 unspecified atom stereocenters. The van der Waals surface area contributed by atoms with Crippen molar-refractivity contribution < 1.29 is 14.6 Å². The highest BCUT2D eigenvalue weighted by Gasteiger charge is 2.17. The summed E-state index contributed by atoms with van der Waals surface area (Å²) in [6, 6.07) is 5.21. The van der Waals surface area contributed by atoms with Gasteiger partial charge in [0.2, 0.25) is 0 Å². The van der Waals surface area contributed by atoms with Gasteiger partial charge in [0.15, 0.2) is 0 Å². The Morgan fingerprint density at radius 2 is 2.25 bits per heavy atom. The fourth-order valence-corrected chi connectivity index (χ4v) is 2.08. The zero-order chi connectivity index (χ0) is 12.1. The number of hydrogen-bond donors (Lipinski definition) is 1. The highest BCUT2D eigenvalue weighted by molar-refractivity contribution is 6.33. The summed E-state index contributed by atoms with van der Waals surface area (Å²) < 4.78 is 5.14. The fraction of sp³-hybridized carbons (Fsp3) is 0.364. The van der Waals surface area contributed by atoms with E-state index in [1.807, 2.05) is 0 Å². The SMILES string of the molecule is COc1cccc(Cl)c1C(Cl)CCC(=O)O. The maximum absolute atomic E-state index is 10.5. The van der Waals surface area contributed by atoms with Crippen LogP contribution in [-0.4, -0.2) is 18.2 Å². The Morgan fingerprint density at radius 1 is 1.56 bits per heavy atom. The predicted molar refractivity (Wildman–Crippen MR) is 63.5 cm³/mol. The lowest BCUT2D eigenvalue weighted by Crippen LogP contribution is -2.01. The lowest BCUT2D eigenvalue weighted by Gasteiger charge is -2.14. The van der Waals surface area contributed by atoms with Crippen LogP contribution in [-0.2, 0) is 4.79 Å². The molecular weight excluding hydrogens is 251 g/mol. The van der Waals surface area contributed by atoms with Gasteiger partial charge in [0, 0.05) is 17.0 Å². The molecule has 0 aromatic heterocycles. The number of carboxylic acid groups (broad SMARTS) is 1. The zero-order valence-electron chi connectivity index (χ0n) is 8.74. The second kappa shape index (κ2) is 5.97. The fourth-order valence-electron chi connectivity index (χ4n) is 1.39. The minimum atomic E-state index is -0.878. The number of carbonyl (C=O) groups is 1. The van der Waals surface area contributed by atoms with Crippen LogP contribution in [0.15, 0.2) is 18.2 Å². The quantitative estimate of drug-likeness (QED) is 0.827. The molecule has 16 heavy (non-hydrogen) atoms. The van der Waals surface area contributed by atoms with Crippen molar-refractivity contribution in [1.82, 2.24) is 0 Å². The Balaban J connectivity index is 2.88. The molecule has 0 aliphatic carbocycles. The summed E-state index contributed by atoms with van der Waals surface area (Å²) in [4.78, 5) is 10.5. The molecule has 1 aromatic rings. The van der Waals surface area contributed by atoms with Crippen molar-refractivity contribution in [2.24, 2.45) is 0 Å². The van der Waals surface area contributed by atoms with Crippen LogP contribution in [0.3, 0.4) is 0 Å². The number of halogens is 2. The number of ether oxygens (including phenoxy) is 1. The average molecular weight is 263 g/mol. The van der Waals surface area contributed by atoms with Crippen molar-refractivity contribution >= 4 is 29.2 Å². The van der Waals surface area contributed by atoms with Crippen LogP contribution in [0.2, 0.25) is 5.02 Å². The van der Waals surface area contributed by atoms with E-state index in [-0.39, 0.29) is 6.42 Å². The normalized spacial score (nSPS) is 12.2. The summed E-state index contributed by atoms with van der Waals surface area (Å²) in [6.07, 6.45) is 0.319. The Hall–Kier alpha value is -0.930. The Bertz CT molecular complexity index is 379. The first-order valence-electron chi connectivity index (χ1n) is 4.74. The van der Waals surface area contributed by atoms with Gasteiger partial charge in [-0.25, -0.2) is 0 Å². The molecule has 1 aromatic carbocycles. The first-order chi connectivity index (χ1) is 7.56. The van der Waals surface area contributed by atoms with Gasteiger partial charge in [-0.15, -0.1) is 11.6 Å². The average Bonchev–Trinajstić information content (AvgIpc) is 2.25. The summed E-state index contributed by atoms with van der Waals surface area (Å²) in [5, 5.41) is 8.61. The molecule has 1 rings (SSSR count). The number of hydrogen-bond acceptors (Lipinski definition) is 2. The molecule has 0 amide bonds. The number of rotatable bonds is 5. The van der Waals surface area contributed by atoms with E-state index in [0.717, 1.165) is 0 Å². The molecule has 1 N–H and O–H groups in total. The van der Waals surface area contributed by atoms with Crippen LogP contribution < -0.4 is 4.74 Å². The summed E-state index contributed by atoms with van der Waals surface area (Å²) >= 11 is 12.1. The molecule has 0 saturated heterocycles. The van der Waals surface area contributed by atoms with E-state index in [0.29, 0.717) is 22.8 Å². The molecule has 1 atom stereocenters. The van der Waals surface area contributed by atoms with Gasteiger partial charge in [-0.2, -0.15) is 0 Å². The minimum absolute atomic E-state index is 0.00252. The number of methoxy groups -OCH3 is 1. The molecule has 0 aliphatic rings. The smallest absolute Gasteiger partial charge is 0.303 e. The van der Waals surface area contributed by atoms with Crippen LogP contribution in [0.25, 0.3) is 0 Å². The molecule has 0 fully saturated rings. The van der Waals surface area contributed by atoms with Crippen LogP contribution in [0.1, 0.15) is 23.8 Å². The summed E-state index contributed by atoms with van der Waals surface area (Å²) in [5.74, 6) is -0.297. The van der Waals surface area contributed by atoms with Gasteiger partial charge in [-0.05, 0) is 18.6 Å². The third-order valence-corrected chi connectivity index (χ3v) is 2.92. The molecule has 3 nitrogen and oxygen atoms in total. The number of carboxylic acids is 1. The van der Waals surface area contributed by atoms with Gasteiger partial charge in [-0.3, -0.25) is 4.79 Å². The molecule has 0 aliphatic heterocycles. The maximum Gasteiger partial charge on any atom is 0.303 e. The molecule has 88 valence electrons. The maximum atomic E-state index is 10.5. The molecule has 0 bridgehead atoms. The van der Waals surface area contributed by atoms with Gasteiger partial charge in [-0.1, -0.05) is 17.7 Å². The summed E-state index contributed by atoms with van der Waals surface area (Å²) in [7, 11) is 1.52. The first-order valence-corrected chi connectivity index (χ1v) is 5.56. The number of benzene rings is 1. The van der Waals surface area contributed by atoms with E-state index in [9.17, 15) is 4.79 Å². The third kappa shape index (κ3) is 3.29. The Morgan fingerprint density at radius 3 is 2.81 bits per heavy atom. The highest BCUT2D eigenvalue weighted by Crippen LogP contribution is 2.37. The van der Waals surface area contributed by atoms with Crippen LogP contribution in [0.5, 0.6) is 5.75 Å². The standard InChI is InChI=1S/C11H12Cl2O3/c1-16-9-4-2-3-7(12)11(9)8(13)5-6-10(14)15/h2-4,8H,5-6H2,1H3,(H,14,15). The molecule has 0 radical (unpaired) electrons. The lowest BCUT2D eigenvalue weighted by atomic mass is 10.1. The van der Waals surface area contributed by atoms with E-state index < -0.39 is 11.3 Å². The molecule has 5 heteroatoms. The van der Waals surface area contributed by atoms with Crippen molar-refractivity contribution in [2.75, 3.05) is 7.11 Å². The third-order valence-electron chi connectivity index (χ3n) is 2.16. The van der Waals surface area contributed by atoms with Crippen molar-refractivity contribution in [1.29, 1.82) is 0 Å². The zero-order valence-corrected chi connectivity index (χ0v) is 10.3. The number of alkyl halides is 1. The summed E-state index contributed by atoms with van der Waals surface area (Å²) in [5.41, 5.74) is 0.648. The topological polar surface area (TPSA) is 46.5 Å². The van der Waals surface area contributed by atoms with E-state index in [4.69, 9.17) is 33.0 Å². The first kappa shape index (κ1) is 13.1. The van der Waals surface area contributed by atoms with Crippen molar-refractivity contribution in [2.45, 2.75) is 18.2 Å². The monoisotopic (exact) mass is 262 g/mol. The summed E-state index contributed by atoms with van der Waals surface area (Å²) in [6.45, 7) is 0. The lowest BCUT2D eigenvalue weighted by molar-refractivity contribution is -0.137. The minimum Gasteiger partial charge on any atom is -0.496 e. The second-order valence-corrected chi connectivity index (χ2v) is 4.19. The highest BCUT2D eigenvalue weighted by atomic mass is 35.5. The van der Waals surface area contributed by atoms with E-state index in [1.165, 1.54) is 7.11 Å². The Kier molecular flexibility index (Phi) is 4.90. The van der Waals surface area contributed by atoms with Crippen LogP contribution in [0, 0.1) is 0 Å². The molecule has 0 spiro atoms.